The Hall–Kier alpha value is -1.42. The van der Waals surface area contributed by atoms with Crippen molar-refractivity contribution in [3.8, 4) is 0 Å². The van der Waals surface area contributed by atoms with Gasteiger partial charge < -0.3 is 5.32 Å². The van der Waals surface area contributed by atoms with Crippen LogP contribution in [0, 0.1) is 11.7 Å². The van der Waals surface area contributed by atoms with E-state index in [2.05, 4.69) is 24.5 Å². The van der Waals surface area contributed by atoms with Crippen LogP contribution >= 0.6 is 0 Å². The van der Waals surface area contributed by atoms with Crippen molar-refractivity contribution in [2.45, 2.75) is 32.9 Å². The number of carbonyl (C=O) groups excluding carboxylic acids is 1. The lowest BCUT2D eigenvalue weighted by Gasteiger charge is -2.21. The average Bonchev–Trinajstić information content (AvgIpc) is 2.54. The van der Waals surface area contributed by atoms with Crippen molar-refractivity contribution in [2.75, 3.05) is 5.32 Å². The van der Waals surface area contributed by atoms with Crippen LogP contribution in [0.25, 0.3) is 0 Å². The predicted molar refractivity (Wildman–Crippen MR) is 65.2 cm³/mol. The molecule has 1 aliphatic heterocycles. The molecule has 1 amide bonds. The Labute approximate surface area is 100 Å². The molecule has 1 aromatic rings. The van der Waals surface area contributed by atoms with E-state index in [4.69, 9.17) is 0 Å². The summed E-state index contributed by atoms with van der Waals surface area (Å²) < 4.78 is 13.0. The smallest absolute Gasteiger partial charge is 0.246 e. The third-order valence-corrected chi connectivity index (χ3v) is 3.28. The normalized spacial score (nSPS) is 20.3. The molecule has 2 rings (SSSR count). The third-order valence-electron chi connectivity index (χ3n) is 3.28. The minimum Gasteiger partial charge on any atom is -0.324 e. The van der Waals surface area contributed by atoms with Crippen molar-refractivity contribution in [1.29, 1.82) is 0 Å². The molecule has 0 aromatic heterocycles. The molecular formula is C13H17FN2O. The van der Waals surface area contributed by atoms with E-state index in [9.17, 15) is 9.18 Å². The number of benzene rings is 1. The summed E-state index contributed by atoms with van der Waals surface area (Å²) >= 11 is 0. The molecule has 17 heavy (non-hydrogen) atoms. The highest BCUT2D eigenvalue weighted by Crippen LogP contribution is 2.31. The monoisotopic (exact) mass is 236 g/mol. The second-order valence-electron chi connectivity index (χ2n) is 4.85. The molecule has 3 nitrogen and oxygen atoms in total. The number of halogens is 1. The van der Waals surface area contributed by atoms with Gasteiger partial charge in [-0.15, -0.1) is 0 Å². The van der Waals surface area contributed by atoms with Crippen LogP contribution in [0.15, 0.2) is 18.2 Å². The molecule has 0 fully saturated rings. The van der Waals surface area contributed by atoms with Gasteiger partial charge in [0.1, 0.15) is 11.9 Å². The van der Waals surface area contributed by atoms with E-state index in [0.717, 1.165) is 5.56 Å². The van der Waals surface area contributed by atoms with Gasteiger partial charge in [0.05, 0.1) is 0 Å². The molecule has 1 aromatic carbocycles. The maximum atomic E-state index is 13.0. The molecular weight excluding hydrogens is 219 g/mol. The third kappa shape index (κ3) is 2.31. The van der Waals surface area contributed by atoms with Crippen LogP contribution in [-0.2, 0) is 4.79 Å². The van der Waals surface area contributed by atoms with Gasteiger partial charge in [0.2, 0.25) is 5.91 Å². The van der Waals surface area contributed by atoms with Gasteiger partial charge in [0.15, 0.2) is 0 Å². The zero-order chi connectivity index (χ0) is 12.6. The number of hydrogen-bond acceptors (Lipinski definition) is 2. The summed E-state index contributed by atoms with van der Waals surface area (Å²) in [5, 5.41) is 5.96. The molecule has 0 bridgehead atoms. The molecule has 4 heteroatoms. The molecule has 92 valence electrons. The van der Waals surface area contributed by atoms with Crippen molar-refractivity contribution in [3.05, 3.63) is 29.6 Å². The number of amides is 1. The summed E-state index contributed by atoms with van der Waals surface area (Å²) in [5.74, 6) is -0.00740. The van der Waals surface area contributed by atoms with Gasteiger partial charge in [-0.1, -0.05) is 19.9 Å². The minimum atomic E-state index is -0.372. The minimum absolute atomic E-state index is 0.113. The second-order valence-corrected chi connectivity index (χ2v) is 4.85. The van der Waals surface area contributed by atoms with Crippen LogP contribution in [0.1, 0.15) is 32.4 Å². The fourth-order valence-corrected chi connectivity index (χ4v) is 1.86. The quantitative estimate of drug-likeness (QED) is 0.846. The number of rotatable bonds is 3. The molecule has 0 spiro atoms. The van der Waals surface area contributed by atoms with E-state index in [1.54, 1.807) is 6.07 Å². The van der Waals surface area contributed by atoms with Gasteiger partial charge in [-0.05, 0) is 25.0 Å². The number of nitrogens with one attached hydrogen (secondary N) is 2. The maximum Gasteiger partial charge on any atom is 0.246 e. The highest BCUT2D eigenvalue weighted by atomic mass is 19.1. The molecule has 0 saturated heterocycles. The first-order chi connectivity index (χ1) is 7.99. The molecule has 2 unspecified atom stereocenters. The largest absolute Gasteiger partial charge is 0.324 e. The van der Waals surface area contributed by atoms with Crippen molar-refractivity contribution in [2.24, 2.45) is 5.92 Å². The Morgan fingerprint density at radius 2 is 2.06 bits per heavy atom. The summed E-state index contributed by atoms with van der Waals surface area (Å²) in [5.41, 5.74) is 1.40. The standard InChI is InChI=1S/C13H17FN2O/c1-7(2)8(3)15-12-10-5-4-9(14)6-11(10)16-13(12)17/h4-8,12,15H,1-3H3,(H,16,17). The summed E-state index contributed by atoms with van der Waals surface area (Å²) in [4.78, 5) is 11.8. The molecule has 0 radical (unpaired) electrons. The van der Waals surface area contributed by atoms with Gasteiger partial charge in [0.25, 0.3) is 0 Å². The molecule has 0 aliphatic carbocycles. The fraction of sp³-hybridized carbons (Fsp3) is 0.462. The van der Waals surface area contributed by atoms with Crippen LogP contribution in [0.2, 0.25) is 0 Å². The molecule has 0 saturated carbocycles. The lowest BCUT2D eigenvalue weighted by atomic mass is 10.0. The van der Waals surface area contributed by atoms with E-state index in [0.29, 0.717) is 11.6 Å². The number of fused-ring (bicyclic) bond motifs is 1. The highest BCUT2D eigenvalue weighted by Gasteiger charge is 2.31. The number of hydrogen-bond donors (Lipinski definition) is 2. The zero-order valence-electron chi connectivity index (χ0n) is 10.3. The molecule has 2 N–H and O–H groups in total. The number of carbonyl (C=O) groups is 1. The Kier molecular flexibility index (Phi) is 3.15. The van der Waals surface area contributed by atoms with E-state index in [1.807, 2.05) is 6.92 Å². The number of anilines is 1. The van der Waals surface area contributed by atoms with Crippen LogP contribution in [0.5, 0.6) is 0 Å². The topological polar surface area (TPSA) is 41.1 Å². The summed E-state index contributed by atoms with van der Waals surface area (Å²) in [6, 6.07) is 4.25. The van der Waals surface area contributed by atoms with Crippen LogP contribution in [0.3, 0.4) is 0 Å². The highest BCUT2D eigenvalue weighted by molar-refractivity contribution is 6.02. The van der Waals surface area contributed by atoms with E-state index in [-0.39, 0.29) is 23.8 Å². The second kappa shape index (κ2) is 4.45. The lowest BCUT2D eigenvalue weighted by Crippen LogP contribution is -2.37. The van der Waals surface area contributed by atoms with E-state index >= 15 is 0 Å². The molecule has 1 heterocycles. The summed E-state index contributed by atoms with van der Waals surface area (Å²) in [7, 11) is 0. The maximum absolute atomic E-state index is 13.0. The Morgan fingerprint density at radius 3 is 2.71 bits per heavy atom. The molecule has 1 aliphatic rings. The van der Waals surface area contributed by atoms with Gasteiger partial charge >= 0.3 is 0 Å². The van der Waals surface area contributed by atoms with Crippen molar-refractivity contribution < 1.29 is 9.18 Å². The zero-order valence-corrected chi connectivity index (χ0v) is 10.3. The fourth-order valence-electron chi connectivity index (χ4n) is 1.86. The van der Waals surface area contributed by atoms with Gasteiger partial charge in [-0.3, -0.25) is 10.1 Å². The summed E-state index contributed by atoms with van der Waals surface area (Å²) in [6.45, 7) is 6.23. The van der Waals surface area contributed by atoms with Crippen LogP contribution in [0.4, 0.5) is 10.1 Å². The van der Waals surface area contributed by atoms with Crippen LogP contribution < -0.4 is 10.6 Å². The van der Waals surface area contributed by atoms with Gasteiger partial charge in [-0.25, -0.2) is 4.39 Å². The lowest BCUT2D eigenvalue weighted by molar-refractivity contribution is -0.117. The summed E-state index contributed by atoms with van der Waals surface area (Å²) in [6.07, 6.45) is 0. The molecule has 2 atom stereocenters. The first kappa shape index (κ1) is 12.0. The first-order valence-electron chi connectivity index (χ1n) is 5.85. The van der Waals surface area contributed by atoms with Crippen molar-refractivity contribution in [1.82, 2.24) is 5.32 Å². The predicted octanol–water partition coefficient (Wildman–Crippen LogP) is 2.45. The first-order valence-corrected chi connectivity index (χ1v) is 5.85. The van der Waals surface area contributed by atoms with Crippen molar-refractivity contribution >= 4 is 11.6 Å². The Balaban J connectivity index is 2.23. The Bertz CT molecular complexity index is 445. The van der Waals surface area contributed by atoms with E-state index in [1.165, 1.54) is 12.1 Å². The van der Waals surface area contributed by atoms with Gasteiger partial charge in [-0.2, -0.15) is 0 Å². The van der Waals surface area contributed by atoms with Gasteiger partial charge in [0, 0.05) is 17.3 Å². The average molecular weight is 236 g/mol. The van der Waals surface area contributed by atoms with E-state index < -0.39 is 0 Å². The SMILES string of the molecule is CC(C)C(C)NC1C(=O)Nc2cc(F)ccc21. The van der Waals surface area contributed by atoms with Crippen LogP contribution in [-0.4, -0.2) is 11.9 Å². The van der Waals surface area contributed by atoms with Crippen molar-refractivity contribution in [3.63, 3.8) is 0 Å². The Morgan fingerprint density at radius 1 is 1.35 bits per heavy atom.